The van der Waals surface area contributed by atoms with Gasteiger partial charge in [-0.15, -0.1) is 0 Å². The van der Waals surface area contributed by atoms with Crippen molar-refractivity contribution in [3.8, 4) is 5.75 Å². The van der Waals surface area contributed by atoms with Gasteiger partial charge in [0, 0.05) is 16.6 Å². The van der Waals surface area contributed by atoms with E-state index in [9.17, 15) is 5.11 Å². The number of methoxy groups -OCH3 is 1. The quantitative estimate of drug-likeness (QED) is 0.893. The van der Waals surface area contributed by atoms with E-state index in [1.807, 2.05) is 27.0 Å². The van der Waals surface area contributed by atoms with Crippen LogP contribution in [-0.2, 0) is 0 Å². The van der Waals surface area contributed by atoms with Crippen LogP contribution in [0.25, 0.3) is 0 Å². The van der Waals surface area contributed by atoms with Crippen LogP contribution in [0.1, 0.15) is 22.8 Å². The third kappa shape index (κ3) is 2.56. The Morgan fingerprint density at radius 1 is 1.50 bits per heavy atom. The van der Waals surface area contributed by atoms with Crippen molar-refractivity contribution in [2.24, 2.45) is 0 Å². The van der Waals surface area contributed by atoms with E-state index in [2.05, 4.69) is 21.2 Å². The van der Waals surface area contributed by atoms with Gasteiger partial charge in [-0.2, -0.15) is 0 Å². The van der Waals surface area contributed by atoms with E-state index in [1.54, 1.807) is 7.11 Å². The van der Waals surface area contributed by atoms with Crippen LogP contribution in [0.15, 0.2) is 10.5 Å². The van der Waals surface area contributed by atoms with E-state index >= 15 is 0 Å². The van der Waals surface area contributed by atoms with Crippen LogP contribution in [0, 0.1) is 13.8 Å². The summed E-state index contributed by atoms with van der Waals surface area (Å²) in [5, 5.41) is 13.0. The molecule has 0 radical (unpaired) electrons. The van der Waals surface area contributed by atoms with Gasteiger partial charge in [0.1, 0.15) is 5.75 Å². The number of halogens is 1. The zero-order valence-electron chi connectivity index (χ0n) is 10.1. The maximum absolute atomic E-state index is 10.1. The largest absolute Gasteiger partial charge is 0.496 e. The molecule has 0 saturated heterocycles. The van der Waals surface area contributed by atoms with E-state index in [4.69, 9.17) is 4.74 Å². The number of aryl methyl sites for hydroxylation is 1. The third-order valence-corrected chi connectivity index (χ3v) is 3.86. The first-order valence-electron chi connectivity index (χ1n) is 5.19. The summed E-state index contributed by atoms with van der Waals surface area (Å²) in [7, 11) is 3.44. The summed E-state index contributed by atoms with van der Waals surface area (Å²) >= 11 is 3.53. The molecule has 90 valence electrons. The van der Waals surface area contributed by atoms with Crippen molar-refractivity contribution in [3.63, 3.8) is 0 Å². The highest BCUT2D eigenvalue weighted by Gasteiger charge is 2.18. The number of ether oxygens (including phenoxy) is 1. The molecule has 0 saturated carbocycles. The summed E-state index contributed by atoms with van der Waals surface area (Å²) in [5.74, 6) is 0.737. The SMILES string of the molecule is CNCC(O)c1c(OC)cc(C)c(Br)c1C. The molecule has 0 fully saturated rings. The fourth-order valence-electron chi connectivity index (χ4n) is 1.81. The summed E-state index contributed by atoms with van der Waals surface area (Å²) in [5.41, 5.74) is 2.98. The Balaban J connectivity index is 3.29. The minimum atomic E-state index is -0.558. The Labute approximate surface area is 105 Å². The van der Waals surface area contributed by atoms with Gasteiger partial charge in [-0.25, -0.2) is 0 Å². The molecule has 2 N–H and O–H groups in total. The molecule has 1 rings (SSSR count). The minimum Gasteiger partial charge on any atom is -0.496 e. The number of aliphatic hydroxyl groups excluding tert-OH is 1. The van der Waals surface area contributed by atoms with Crippen LogP contribution in [0.4, 0.5) is 0 Å². The fraction of sp³-hybridized carbons (Fsp3) is 0.500. The lowest BCUT2D eigenvalue weighted by Gasteiger charge is -2.19. The smallest absolute Gasteiger partial charge is 0.125 e. The summed E-state index contributed by atoms with van der Waals surface area (Å²) in [6, 6.07) is 1.94. The number of aliphatic hydroxyl groups is 1. The van der Waals surface area contributed by atoms with Gasteiger partial charge in [-0.1, -0.05) is 15.9 Å². The lowest BCUT2D eigenvalue weighted by atomic mass is 9.99. The first-order chi connectivity index (χ1) is 7.52. The van der Waals surface area contributed by atoms with Crippen LogP contribution < -0.4 is 10.1 Å². The topological polar surface area (TPSA) is 41.5 Å². The average Bonchev–Trinajstić information content (AvgIpc) is 2.25. The lowest BCUT2D eigenvalue weighted by Crippen LogP contribution is -2.18. The molecule has 0 aromatic heterocycles. The Kier molecular flexibility index (Phi) is 4.77. The second kappa shape index (κ2) is 5.66. The van der Waals surface area contributed by atoms with Crippen molar-refractivity contribution in [1.29, 1.82) is 0 Å². The minimum absolute atomic E-state index is 0.507. The molecule has 0 bridgehead atoms. The van der Waals surface area contributed by atoms with Crippen LogP contribution in [0.2, 0.25) is 0 Å². The lowest BCUT2D eigenvalue weighted by molar-refractivity contribution is 0.172. The van der Waals surface area contributed by atoms with E-state index in [0.717, 1.165) is 26.9 Å². The van der Waals surface area contributed by atoms with Crippen molar-refractivity contribution < 1.29 is 9.84 Å². The van der Waals surface area contributed by atoms with Crippen molar-refractivity contribution in [2.75, 3.05) is 20.7 Å². The van der Waals surface area contributed by atoms with Crippen molar-refractivity contribution >= 4 is 15.9 Å². The molecule has 0 heterocycles. The third-order valence-electron chi connectivity index (χ3n) is 2.64. The van der Waals surface area contributed by atoms with E-state index in [1.165, 1.54) is 0 Å². The molecule has 4 heteroatoms. The van der Waals surface area contributed by atoms with Crippen LogP contribution in [0.5, 0.6) is 5.75 Å². The molecule has 0 spiro atoms. The first-order valence-corrected chi connectivity index (χ1v) is 5.98. The first kappa shape index (κ1) is 13.5. The number of hydrogen-bond donors (Lipinski definition) is 2. The van der Waals surface area contributed by atoms with E-state index in [0.29, 0.717) is 6.54 Å². The Hall–Kier alpha value is -0.580. The Bertz CT molecular complexity index is 380. The average molecular weight is 288 g/mol. The predicted octanol–water partition coefficient (Wildman–Crippen LogP) is 2.33. The summed E-state index contributed by atoms with van der Waals surface area (Å²) in [6.07, 6.45) is -0.558. The number of rotatable bonds is 4. The molecule has 0 aliphatic carbocycles. The maximum Gasteiger partial charge on any atom is 0.125 e. The molecule has 0 amide bonds. The second-order valence-corrected chi connectivity index (χ2v) is 4.61. The van der Waals surface area contributed by atoms with Crippen LogP contribution in [-0.4, -0.2) is 25.8 Å². The maximum atomic E-state index is 10.1. The molecule has 3 nitrogen and oxygen atoms in total. The number of nitrogens with one attached hydrogen (secondary N) is 1. The zero-order chi connectivity index (χ0) is 12.3. The highest BCUT2D eigenvalue weighted by Crippen LogP contribution is 2.35. The fourth-order valence-corrected chi connectivity index (χ4v) is 2.14. The van der Waals surface area contributed by atoms with Crippen LogP contribution in [0.3, 0.4) is 0 Å². The van der Waals surface area contributed by atoms with Crippen LogP contribution >= 0.6 is 15.9 Å². The molecule has 1 aromatic rings. The molecule has 1 aromatic carbocycles. The molecule has 0 aliphatic rings. The van der Waals surface area contributed by atoms with Gasteiger partial charge in [0.15, 0.2) is 0 Å². The number of benzene rings is 1. The number of hydrogen-bond acceptors (Lipinski definition) is 3. The molecule has 0 aliphatic heterocycles. The summed E-state index contributed by atoms with van der Waals surface area (Å²) in [4.78, 5) is 0. The van der Waals surface area contributed by atoms with Crippen molar-refractivity contribution in [2.45, 2.75) is 20.0 Å². The molecule has 1 unspecified atom stereocenters. The second-order valence-electron chi connectivity index (χ2n) is 3.82. The highest BCUT2D eigenvalue weighted by atomic mass is 79.9. The summed E-state index contributed by atoms with van der Waals surface area (Å²) < 4.78 is 6.35. The normalized spacial score (nSPS) is 12.6. The molecule has 1 atom stereocenters. The van der Waals surface area contributed by atoms with Gasteiger partial charge in [-0.05, 0) is 38.1 Å². The highest BCUT2D eigenvalue weighted by molar-refractivity contribution is 9.10. The van der Waals surface area contributed by atoms with E-state index in [-0.39, 0.29) is 0 Å². The van der Waals surface area contributed by atoms with Gasteiger partial charge < -0.3 is 15.2 Å². The monoisotopic (exact) mass is 287 g/mol. The molecule has 16 heavy (non-hydrogen) atoms. The zero-order valence-corrected chi connectivity index (χ0v) is 11.7. The predicted molar refractivity (Wildman–Crippen MR) is 69.1 cm³/mol. The molecular formula is C12H18BrNO2. The van der Waals surface area contributed by atoms with Crippen molar-refractivity contribution in [3.05, 3.63) is 27.2 Å². The van der Waals surface area contributed by atoms with Gasteiger partial charge in [-0.3, -0.25) is 0 Å². The van der Waals surface area contributed by atoms with Gasteiger partial charge in [0.25, 0.3) is 0 Å². The van der Waals surface area contributed by atoms with Gasteiger partial charge in [0.2, 0.25) is 0 Å². The number of likely N-dealkylation sites (N-methyl/N-ethyl adjacent to an activating group) is 1. The Morgan fingerprint density at radius 3 is 2.62 bits per heavy atom. The van der Waals surface area contributed by atoms with Crippen molar-refractivity contribution in [1.82, 2.24) is 5.32 Å². The van der Waals surface area contributed by atoms with Gasteiger partial charge >= 0.3 is 0 Å². The standard InChI is InChI=1S/C12H18BrNO2/c1-7-5-10(16-4)11(8(2)12(7)13)9(15)6-14-3/h5,9,14-15H,6H2,1-4H3. The van der Waals surface area contributed by atoms with Gasteiger partial charge in [0.05, 0.1) is 13.2 Å². The van der Waals surface area contributed by atoms with E-state index < -0.39 is 6.10 Å². The Morgan fingerprint density at radius 2 is 2.12 bits per heavy atom. The molecular weight excluding hydrogens is 270 g/mol. The summed E-state index contributed by atoms with van der Waals surface area (Å²) in [6.45, 7) is 4.49.